The molecule has 1 fully saturated rings. The number of hydrogen-bond donors (Lipinski definition) is 1. The fraction of sp³-hybridized carbons (Fsp3) is 0.222. The van der Waals surface area contributed by atoms with Crippen molar-refractivity contribution >= 4 is 46.3 Å². The number of carboxylic acid groups (broad SMARTS) is 1. The lowest BCUT2D eigenvalue weighted by Crippen LogP contribution is -2.33. The highest BCUT2D eigenvalue weighted by atomic mass is 32.2. The van der Waals surface area contributed by atoms with Crippen LogP contribution >= 0.6 is 24.0 Å². The lowest BCUT2D eigenvalue weighted by molar-refractivity contribution is -0.140. The molecule has 1 amide bonds. The molecular formula is C45H37NO3S2. The molecule has 51 heavy (non-hydrogen) atoms. The topological polar surface area (TPSA) is 57.6 Å². The SMILES string of the molecule is CCC1c2ccccc2-c2c1c1c(c3c2C(CC)c2ccc(-c4ccc(/C=C5/SC(=S)N(CC(=O)O)C5=O)cc4)cc2-3)C(CC)c2ccccc2-1. The van der Waals surface area contributed by atoms with E-state index in [-0.39, 0.29) is 10.2 Å². The fourth-order valence-corrected chi connectivity index (χ4v) is 10.7. The van der Waals surface area contributed by atoms with Crippen molar-refractivity contribution in [3.8, 4) is 44.5 Å². The Labute approximate surface area is 308 Å². The maximum absolute atomic E-state index is 12.9. The molecule has 0 spiro atoms. The second-order valence-electron chi connectivity index (χ2n) is 14.0. The number of carboxylic acids is 1. The van der Waals surface area contributed by atoms with Gasteiger partial charge in [-0.2, -0.15) is 0 Å². The summed E-state index contributed by atoms with van der Waals surface area (Å²) in [5, 5.41) is 9.20. The van der Waals surface area contributed by atoms with Crippen LogP contribution in [-0.2, 0) is 9.59 Å². The molecule has 1 aliphatic heterocycles. The molecule has 0 radical (unpaired) electrons. The maximum Gasteiger partial charge on any atom is 0.323 e. The highest BCUT2D eigenvalue weighted by Crippen LogP contribution is 2.65. The van der Waals surface area contributed by atoms with Crippen molar-refractivity contribution in [3.05, 3.63) is 135 Å². The molecule has 3 atom stereocenters. The van der Waals surface area contributed by atoms with Crippen molar-refractivity contribution in [2.75, 3.05) is 6.54 Å². The zero-order valence-electron chi connectivity index (χ0n) is 28.8. The van der Waals surface area contributed by atoms with Gasteiger partial charge < -0.3 is 5.11 Å². The van der Waals surface area contributed by atoms with E-state index < -0.39 is 12.5 Å². The third kappa shape index (κ3) is 4.69. The molecule has 0 aromatic heterocycles. The third-order valence-corrected chi connectivity index (χ3v) is 12.9. The zero-order chi connectivity index (χ0) is 35.1. The predicted octanol–water partition coefficient (Wildman–Crippen LogP) is 11.2. The molecule has 3 aliphatic carbocycles. The number of carbonyl (C=O) groups is 2. The number of benzene rings is 5. The van der Waals surface area contributed by atoms with Gasteiger partial charge in [0.15, 0.2) is 0 Å². The summed E-state index contributed by atoms with van der Waals surface area (Å²) in [5.41, 5.74) is 20.7. The van der Waals surface area contributed by atoms with E-state index in [2.05, 4.69) is 99.6 Å². The van der Waals surface area contributed by atoms with Gasteiger partial charge in [-0.3, -0.25) is 14.5 Å². The largest absolute Gasteiger partial charge is 0.480 e. The molecule has 1 N–H and O–H groups in total. The second-order valence-corrected chi connectivity index (χ2v) is 15.7. The summed E-state index contributed by atoms with van der Waals surface area (Å²) in [5.74, 6) is -0.378. The summed E-state index contributed by atoms with van der Waals surface area (Å²) >= 11 is 6.43. The Bertz CT molecular complexity index is 2340. The van der Waals surface area contributed by atoms with E-state index in [0.717, 1.165) is 47.1 Å². The van der Waals surface area contributed by atoms with Crippen LogP contribution in [0.4, 0.5) is 0 Å². The number of rotatable bonds is 7. The number of nitrogens with zero attached hydrogens (tertiary/aromatic N) is 1. The summed E-state index contributed by atoms with van der Waals surface area (Å²) in [7, 11) is 0. The predicted molar refractivity (Wildman–Crippen MR) is 212 cm³/mol. The summed E-state index contributed by atoms with van der Waals surface area (Å²) < 4.78 is 0.272. The van der Waals surface area contributed by atoms with E-state index in [4.69, 9.17) is 12.2 Å². The van der Waals surface area contributed by atoms with Gasteiger partial charge in [0, 0.05) is 17.8 Å². The van der Waals surface area contributed by atoms with Gasteiger partial charge in [-0.05, 0) is 115 Å². The Morgan fingerprint density at radius 1 is 0.706 bits per heavy atom. The third-order valence-electron chi connectivity index (χ3n) is 11.5. The van der Waals surface area contributed by atoms with Crippen molar-refractivity contribution in [3.63, 3.8) is 0 Å². The van der Waals surface area contributed by atoms with E-state index in [1.165, 1.54) is 66.8 Å². The van der Waals surface area contributed by atoms with Crippen LogP contribution in [0.2, 0.25) is 0 Å². The summed E-state index contributed by atoms with van der Waals surface area (Å²) in [6, 6.07) is 33.6. The monoisotopic (exact) mass is 703 g/mol. The van der Waals surface area contributed by atoms with Gasteiger partial charge >= 0.3 is 5.97 Å². The molecule has 1 saturated heterocycles. The highest BCUT2D eigenvalue weighted by molar-refractivity contribution is 8.26. The smallest absolute Gasteiger partial charge is 0.323 e. The van der Waals surface area contributed by atoms with Crippen LogP contribution in [0.15, 0.2) is 95.9 Å². The van der Waals surface area contributed by atoms with Crippen LogP contribution in [0.3, 0.4) is 0 Å². The first-order chi connectivity index (χ1) is 24.8. The van der Waals surface area contributed by atoms with Crippen molar-refractivity contribution in [1.82, 2.24) is 4.90 Å². The van der Waals surface area contributed by atoms with Crippen LogP contribution < -0.4 is 0 Å². The maximum atomic E-state index is 12.9. The standard InChI is InChI=1S/C45H37NO3S2/c1-4-27-30-11-7-9-13-33(30)42-38(27)41-34-14-10-8-12-31(34)28(5-2)39(41)43-35-22-26(19-20-32(35)29(6-3)40(42)43)25-17-15-24(16-18-25)21-36-44(49)46(23-37(47)48)45(50)51-36/h7-22,27-29H,4-6,23H2,1-3H3,(H,47,48)/b36-21+. The summed E-state index contributed by atoms with van der Waals surface area (Å²) in [6.45, 7) is 6.61. The molecule has 0 bridgehead atoms. The van der Waals surface area contributed by atoms with Gasteiger partial charge in [0.2, 0.25) is 0 Å². The van der Waals surface area contributed by atoms with Gasteiger partial charge in [0.05, 0.1) is 4.91 Å². The molecule has 4 aliphatic rings. The zero-order valence-corrected chi connectivity index (χ0v) is 30.5. The quantitative estimate of drug-likeness (QED) is 0.135. The van der Waals surface area contributed by atoms with Gasteiger partial charge in [0.1, 0.15) is 10.9 Å². The number of hydrogen-bond acceptors (Lipinski definition) is 4. The number of aliphatic carboxylic acids is 1. The van der Waals surface area contributed by atoms with E-state index in [1.807, 2.05) is 12.1 Å². The fourth-order valence-electron chi connectivity index (χ4n) is 9.47. The number of carbonyl (C=O) groups excluding carboxylic acids is 1. The van der Waals surface area contributed by atoms with E-state index in [1.54, 1.807) is 11.6 Å². The van der Waals surface area contributed by atoms with Gasteiger partial charge in [-0.1, -0.05) is 130 Å². The van der Waals surface area contributed by atoms with Gasteiger partial charge in [-0.25, -0.2) is 0 Å². The molecule has 5 aromatic rings. The average molecular weight is 704 g/mol. The van der Waals surface area contributed by atoms with Crippen molar-refractivity contribution in [1.29, 1.82) is 0 Å². The van der Waals surface area contributed by atoms with Crippen molar-refractivity contribution in [2.45, 2.75) is 57.8 Å². The van der Waals surface area contributed by atoms with Crippen molar-refractivity contribution < 1.29 is 14.7 Å². The minimum atomic E-state index is -1.09. The Kier molecular flexibility index (Phi) is 7.68. The minimum absolute atomic E-state index is 0.272. The Morgan fingerprint density at radius 3 is 1.73 bits per heavy atom. The van der Waals surface area contributed by atoms with E-state index in [0.29, 0.717) is 22.7 Å². The molecule has 3 unspecified atom stereocenters. The lowest BCUT2D eigenvalue weighted by Gasteiger charge is -2.24. The highest BCUT2D eigenvalue weighted by Gasteiger charge is 2.45. The Hall–Kier alpha value is -4.78. The molecule has 4 nitrogen and oxygen atoms in total. The molecule has 5 aromatic carbocycles. The molecule has 252 valence electrons. The Balaban J connectivity index is 1.20. The van der Waals surface area contributed by atoms with Gasteiger partial charge in [0.25, 0.3) is 5.91 Å². The molecule has 0 saturated carbocycles. The molecular weight excluding hydrogens is 667 g/mol. The lowest BCUT2D eigenvalue weighted by atomic mass is 9.79. The van der Waals surface area contributed by atoms with Crippen LogP contribution in [-0.4, -0.2) is 32.7 Å². The van der Waals surface area contributed by atoms with Crippen LogP contribution in [0.5, 0.6) is 0 Å². The minimum Gasteiger partial charge on any atom is -0.480 e. The number of fused-ring (bicyclic) bond motifs is 12. The molecule has 9 rings (SSSR count). The number of thioether (sulfide) groups is 1. The second kappa shape index (κ2) is 12.2. The molecule has 6 heteroatoms. The first-order valence-corrected chi connectivity index (χ1v) is 19.2. The first-order valence-electron chi connectivity index (χ1n) is 18.0. The number of amides is 1. The van der Waals surface area contributed by atoms with Crippen molar-refractivity contribution in [2.24, 2.45) is 0 Å². The summed E-state index contributed by atoms with van der Waals surface area (Å²) in [6.07, 6.45) is 4.97. The van der Waals surface area contributed by atoms with Crippen LogP contribution in [0, 0.1) is 0 Å². The molecule has 1 heterocycles. The number of thiocarbonyl (C=S) groups is 1. The van der Waals surface area contributed by atoms with Gasteiger partial charge in [-0.15, -0.1) is 0 Å². The first kappa shape index (κ1) is 32.1. The van der Waals surface area contributed by atoms with E-state index >= 15 is 0 Å². The normalized spacial score (nSPS) is 19.9. The van der Waals surface area contributed by atoms with Crippen LogP contribution in [0.25, 0.3) is 50.6 Å². The summed E-state index contributed by atoms with van der Waals surface area (Å²) in [4.78, 5) is 25.7. The Morgan fingerprint density at radius 2 is 1.20 bits per heavy atom. The average Bonchev–Trinajstić information content (AvgIpc) is 3.84. The van der Waals surface area contributed by atoms with E-state index in [9.17, 15) is 14.7 Å². The van der Waals surface area contributed by atoms with Crippen LogP contribution in [0.1, 0.15) is 96.7 Å².